The number of nitrogens with one attached hydrogen (secondary N) is 1. The van der Waals surface area contributed by atoms with E-state index in [1.165, 1.54) is 11.8 Å². The zero-order valence-corrected chi connectivity index (χ0v) is 12.9. The van der Waals surface area contributed by atoms with Crippen molar-refractivity contribution in [1.29, 1.82) is 0 Å². The third-order valence-electron chi connectivity index (χ3n) is 3.06. The summed E-state index contributed by atoms with van der Waals surface area (Å²) in [5, 5.41) is 1.20. The van der Waals surface area contributed by atoms with E-state index in [0.29, 0.717) is 28.4 Å². The maximum Gasteiger partial charge on any atom is 0.259 e. The van der Waals surface area contributed by atoms with Crippen LogP contribution in [0.4, 0.5) is 0 Å². The molecule has 0 saturated heterocycles. The highest BCUT2D eigenvalue weighted by Gasteiger charge is 2.05. The molecule has 3 rings (SSSR count). The maximum absolute atomic E-state index is 12.0. The molecule has 0 atom stereocenters. The lowest BCUT2D eigenvalue weighted by atomic mass is 10.2. The van der Waals surface area contributed by atoms with Gasteiger partial charge in [-0.2, -0.15) is 0 Å². The summed E-state index contributed by atoms with van der Waals surface area (Å²) in [5.74, 6) is 1.39. The van der Waals surface area contributed by atoms with Crippen LogP contribution >= 0.6 is 11.8 Å². The first kappa shape index (κ1) is 14.6. The number of aromatic nitrogens is 3. The van der Waals surface area contributed by atoms with Gasteiger partial charge in [0.25, 0.3) is 5.56 Å². The highest BCUT2D eigenvalue weighted by molar-refractivity contribution is 7.98. The molecule has 1 N–H and O–H groups in total. The zero-order chi connectivity index (χ0) is 15.4. The summed E-state index contributed by atoms with van der Waals surface area (Å²) in [6.45, 7) is 2.56. The molecule has 0 amide bonds. The summed E-state index contributed by atoms with van der Waals surface area (Å²) in [5.41, 5.74) is 1.49. The molecule has 5 nitrogen and oxygen atoms in total. The fourth-order valence-electron chi connectivity index (χ4n) is 2.02. The number of hydrogen-bond acceptors (Lipinski definition) is 5. The second kappa shape index (κ2) is 6.62. The largest absolute Gasteiger partial charge is 0.492 e. The molecule has 6 heteroatoms. The predicted octanol–water partition coefficient (Wildman–Crippen LogP) is 3.01. The van der Waals surface area contributed by atoms with Crippen LogP contribution in [-0.4, -0.2) is 21.6 Å². The number of H-pyrrole nitrogens is 1. The Bertz CT molecular complexity index is 831. The summed E-state index contributed by atoms with van der Waals surface area (Å²) >= 11 is 1.45. The standard InChI is InChI=1S/C16H15N3O2S/c1-2-21-12-8-7-11(17-9-12)10-22-16-18-14-6-4-3-5-13(14)15(20)19-16/h3-9H,2,10H2,1H3,(H,18,19,20). The quantitative estimate of drug-likeness (QED) is 0.579. The number of thioether (sulfide) groups is 1. The normalized spacial score (nSPS) is 10.8. The van der Waals surface area contributed by atoms with Crippen molar-refractivity contribution in [3.05, 3.63) is 58.6 Å². The van der Waals surface area contributed by atoms with Gasteiger partial charge in [0.05, 0.1) is 29.4 Å². The molecule has 2 heterocycles. The van der Waals surface area contributed by atoms with Gasteiger partial charge >= 0.3 is 0 Å². The van der Waals surface area contributed by atoms with E-state index in [4.69, 9.17) is 4.74 Å². The van der Waals surface area contributed by atoms with Gasteiger partial charge in [-0.05, 0) is 31.2 Å². The van der Waals surface area contributed by atoms with Gasteiger partial charge in [-0.1, -0.05) is 23.9 Å². The third-order valence-corrected chi connectivity index (χ3v) is 3.96. The molecule has 0 aliphatic carbocycles. The van der Waals surface area contributed by atoms with Gasteiger partial charge in [-0.25, -0.2) is 4.98 Å². The predicted molar refractivity (Wildman–Crippen MR) is 87.3 cm³/mol. The third kappa shape index (κ3) is 3.28. The summed E-state index contributed by atoms with van der Waals surface area (Å²) in [7, 11) is 0. The molecule has 22 heavy (non-hydrogen) atoms. The van der Waals surface area contributed by atoms with E-state index in [9.17, 15) is 4.79 Å². The van der Waals surface area contributed by atoms with Crippen molar-refractivity contribution in [2.24, 2.45) is 0 Å². The number of ether oxygens (including phenoxy) is 1. The van der Waals surface area contributed by atoms with Crippen LogP contribution in [0.5, 0.6) is 5.75 Å². The SMILES string of the molecule is CCOc1ccc(CSc2nc3ccccc3c(=O)[nH]2)nc1. The Morgan fingerprint density at radius 2 is 2.09 bits per heavy atom. The molecule has 0 aliphatic rings. The number of aromatic amines is 1. The second-order valence-corrected chi connectivity index (χ2v) is 5.56. The fourth-order valence-corrected chi connectivity index (χ4v) is 2.81. The van der Waals surface area contributed by atoms with Crippen molar-refractivity contribution in [3.63, 3.8) is 0 Å². The molecule has 3 aromatic rings. The zero-order valence-electron chi connectivity index (χ0n) is 12.1. The van der Waals surface area contributed by atoms with Gasteiger partial charge in [-0.15, -0.1) is 0 Å². The first-order chi connectivity index (χ1) is 10.8. The van der Waals surface area contributed by atoms with Crippen molar-refractivity contribution in [3.8, 4) is 5.75 Å². The van der Waals surface area contributed by atoms with Crippen LogP contribution in [0.2, 0.25) is 0 Å². The van der Waals surface area contributed by atoms with Crippen LogP contribution in [0.1, 0.15) is 12.6 Å². The van der Waals surface area contributed by atoms with Gasteiger partial charge in [0.2, 0.25) is 0 Å². The smallest absolute Gasteiger partial charge is 0.259 e. The number of fused-ring (bicyclic) bond motifs is 1. The summed E-state index contributed by atoms with van der Waals surface area (Å²) in [6.07, 6.45) is 1.70. The van der Waals surface area contributed by atoms with E-state index < -0.39 is 0 Å². The van der Waals surface area contributed by atoms with Crippen molar-refractivity contribution in [2.45, 2.75) is 17.8 Å². The average Bonchev–Trinajstić information content (AvgIpc) is 2.55. The number of benzene rings is 1. The minimum atomic E-state index is -0.118. The van der Waals surface area contributed by atoms with Gasteiger partial charge in [0, 0.05) is 5.75 Å². The minimum absolute atomic E-state index is 0.118. The molecule has 2 aromatic heterocycles. The molecule has 0 fully saturated rings. The van der Waals surface area contributed by atoms with E-state index in [2.05, 4.69) is 15.0 Å². The van der Waals surface area contributed by atoms with Crippen LogP contribution < -0.4 is 10.3 Å². The van der Waals surface area contributed by atoms with Crippen LogP contribution in [0, 0.1) is 0 Å². The van der Waals surface area contributed by atoms with E-state index in [1.54, 1.807) is 12.3 Å². The van der Waals surface area contributed by atoms with Gasteiger partial charge in [0.1, 0.15) is 5.75 Å². The summed E-state index contributed by atoms with van der Waals surface area (Å²) in [6, 6.07) is 11.1. The minimum Gasteiger partial charge on any atom is -0.492 e. The van der Waals surface area contributed by atoms with E-state index >= 15 is 0 Å². The molecule has 0 radical (unpaired) electrons. The molecule has 0 unspecified atom stereocenters. The van der Waals surface area contributed by atoms with Crippen LogP contribution in [0.3, 0.4) is 0 Å². The average molecular weight is 313 g/mol. The Labute approximate surface area is 131 Å². The van der Waals surface area contributed by atoms with Crippen molar-refractivity contribution in [2.75, 3.05) is 6.61 Å². The van der Waals surface area contributed by atoms with Crippen LogP contribution in [0.25, 0.3) is 10.9 Å². The number of para-hydroxylation sites is 1. The first-order valence-corrected chi connectivity index (χ1v) is 7.94. The van der Waals surface area contributed by atoms with Crippen molar-refractivity contribution in [1.82, 2.24) is 15.0 Å². The van der Waals surface area contributed by atoms with Gasteiger partial charge < -0.3 is 9.72 Å². The Kier molecular flexibility index (Phi) is 4.39. The Hall–Kier alpha value is -2.34. The molecule has 0 aliphatic heterocycles. The molecule has 0 bridgehead atoms. The van der Waals surface area contributed by atoms with Crippen molar-refractivity contribution >= 4 is 22.7 Å². The van der Waals surface area contributed by atoms with E-state index in [-0.39, 0.29) is 5.56 Å². The Morgan fingerprint density at radius 1 is 1.23 bits per heavy atom. The molecular weight excluding hydrogens is 298 g/mol. The lowest BCUT2D eigenvalue weighted by Gasteiger charge is -2.04. The second-order valence-electron chi connectivity index (χ2n) is 4.60. The highest BCUT2D eigenvalue weighted by Crippen LogP contribution is 2.20. The lowest BCUT2D eigenvalue weighted by molar-refractivity contribution is 0.338. The van der Waals surface area contributed by atoms with Crippen LogP contribution in [0.15, 0.2) is 52.5 Å². The molecular formula is C16H15N3O2S. The van der Waals surface area contributed by atoms with Crippen LogP contribution in [-0.2, 0) is 5.75 Å². The Balaban J connectivity index is 1.74. The van der Waals surface area contributed by atoms with Crippen molar-refractivity contribution < 1.29 is 4.74 Å². The number of pyridine rings is 1. The Morgan fingerprint density at radius 3 is 2.86 bits per heavy atom. The molecule has 0 saturated carbocycles. The van der Waals surface area contributed by atoms with Gasteiger partial charge in [0.15, 0.2) is 5.16 Å². The number of nitrogens with zero attached hydrogens (tertiary/aromatic N) is 2. The summed E-state index contributed by atoms with van der Waals surface area (Å²) in [4.78, 5) is 23.6. The van der Waals surface area contributed by atoms with E-state index in [0.717, 1.165) is 11.4 Å². The monoisotopic (exact) mass is 313 g/mol. The number of rotatable bonds is 5. The maximum atomic E-state index is 12.0. The van der Waals surface area contributed by atoms with E-state index in [1.807, 2.05) is 37.3 Å². The molecule has 112 valence electrons. The summed E-state index contributed by atoms with van der Waals surface area (Å²) < 4.78 is 5.36. The lowest BCUT2D eigenvalue weighted by Crippen LogP contribution is -2.08. The topological polar surface area (TPSA) is 67.9 Å². The highest BCUT2D eigenvalue weighted by atomic mass is 32.2. The fraction of sp³-hybridized carbons (Fsp3) is 0.188. The molecule has 1 aromatic carbocycles. The number of hydrogen-bond donors (Lipinski definition) is 1. The van der Waals surface area contributed by atoms with Gasteiger partial charge in [-0.3, -0.25) is 9.78 Å². The first-order valence-electron chi connectivity index (χ1n) is 6.96. The molecule has 0 spiro atoms.